The van der Waals surface area contributed by atoms with Crippen LogP contribution >= 0.6 is 0 Å². The minimum absolute atomic E-state index is 0.0441. The van der Waals surface area contributed by atoms with E-state index >= 15 is 0 Å². The quantitative estimate of drug-likeness (QED) is 0.770. The van der Waals surface area contributed by atoms with Crippen LogP contribution in [0.25, 0.3) is 0 Å². The van der Waals surface area contributed by atoms with Crippen LogP contribution in [0.1, 0.15) is 38.5 Å². The van der Waals surface area contributed by atoms with Crippen LogP contribution in [-0.2, 0) is 9.53 Å². The summed E-state index contributed by atoms with van der Waals surface area (Å²) in [5.74, 6) is -1.28. The molecule has 1 saturated carbocycles. The number of hydrogen-bond acceptors (Lipinski definition) is 4. The SMILES string of the molecule is O=C(OC1CCCC1)N1CCCC(O)(C(=O)O)C1. The predicted molar refractivity (Wildman–Crippen MR) is 62.1 cm³/mol. The maximum absolute atomic E-state index is 11.9. The van der Waals surface area contributed by atoms with Gasteiger partial charge in [0.25, 0.3) is 0 Å². The summed E-state index contributed by atoms with van der Waals surface area (Å²) in [4.78, 5) is 24.1. The van der Waals surface area contributed by atoms with E-state index in [0.29, 0.717) is 13.0 Å². The van der Waals surface area contributed by atoms with Crippen LogP contribution in [0, 0.1) is 0 Å². The number of carboxylic acids is 1. The van der Waals surface area contributed by atoms with Crippen LogP contribution in [0.15, 0.2) is 0 Å². The van der Waals surface area contributed by atoms with Gasteiger partial charge in [0.2, 0.25) is 0 Å². The van der Waals surface area contributed by atoms with Crippen molar-refractivity contribution in [3.63, 3.8) is 0 Å². The van der Waals surface area contributed by atoms with Gasteiger partial charge >= 0.3 is 12.1 Å². The molecule has 102 valence electrons. The molecule has 1 aliphatic carbocycles. The fourth-order valence-corrected chi connectivity index (χ4v) is 2.59. The van der Waals surface area contributed by atoms with Crippen molar-refractivity contribution >= 4 is 12.1 Å². The third-order valence-electron chi connectivity index (χ3n) is 3.70. The van der Waals surface area contributed by atoms with E-state index < -0.39 is 17.7 Å². The van der Waals surface area contributed by atoms with Crippen molar-refractivity contribution < 1.29 is 24.5 Å². The highest BCUT2D eigenvalue weighted by molar-refractivity contribution is 5.79. The van der Waals surface area contributed by atoms with E-state index in [2.05, 4.69) is 0 Å². The van der Waals surface area contributed by atoms with Crippen LogP contribution in [0.4, 0.5) is 4.79 Å². The molecule has 18 heavy (non-hydrogen) atoms. The molecule has 1 unspecified atom stereocenters. The van der Waals surface area contributed by atoms with Crippen molar-refractivity contribution in [2.45, 2.75) is 50.2 Å². The monoisotopic (exact) mass is 257 g/mol. The molecule has 1 saturated heterocycles. The average Bonchev–Trinajstić information content (AvgIpc) is 2.81. The molecule has 6 heteroatoms. The summed E-state index contributed by atoms with van der Waals surface area (Å²) in [6.45, 7) is 0.259. The second kappa shape index (κ2) is 5.14. The Hall–Kier alpha value is -1.30. The number of piperidine rings is 1. The molecule has 0 aromatic heterocycles. The third-order valence-corrected chi connectivity index (χ3v) is 3.70. The summed E-state index contributed by atoms with van der Waals surface area (Å²) in [6, 6.07) is 0. The highest BCUT2D eigenvalue weighted by Crippen LogP contribution is 2.25. The molecule has 6 nitrogen and oxygen atoms in total. The summed E-state index contributed by atoms with van der Waals surface area (Å²) in [7, 11) is 0. The first-order valence-corrected chi connectivity index (χ1v) is 6.42. The number of carbonyl (C=O) groups is 2. The van der Waals surface area contributed by atoms with Crippen molar-refractivity contribution in [2.75, 3.05) is 13.1 Å². The Kier molecular flexibility index (Phi) is 3.75. The van der Waals surface area contributed by atoms with Crippen LogP contribution in [-0.4, -0.2) is 52.0 Å². The summed E-state index contributed by atoms with van der Waals surface area (Å²) < 4.78 is 5.31. The molecule has 1 atom stereocenters. The highest BCUT2D eigenvalue weighted by atomic mass is 16.6. The predicted octanol–water partition coefficient (Wildman–Crippen LogP) is 0.977. The topological polar surface area (TPSA) is 87.1 Å². The van der Waals surface area contributed by atoms with Gasteiger partial charge in [-0.2, -0.15) is 0 Å². The summed E-state index contributed by atoms with van der Waals surface area (Å²) >= 11 is 0. The third kappa shape index (κ3) is 2.75. The molecule has 1 aliphatic heterocycles. The van der Waals surface area contributed by atoms with Crippen molar-refractivity contribution in [1.82, 2.24) is 4.90 Å². The number of carbonyl (C=O) groups excluding carboxylic acids is 1. The van der Waals surface area contributed by atoms with Crippen LogP contribution in [0.2, 0.25) is 0 Å². The highest BCUT2D eigenvalue weighted by Gasteiger charge is 2.42. The molecule has 0 spiro atoms. The number of hydrogen-bond donors (Lipinski definition) is 2. The standard InChI is InChI=1S/C12H19NO5/c14-10(15)12(17)6-3-7-13(8-12)11(16)18-9-4-1-2-5-9/h9,17H,1-8H2,(H,14,15). The first-order valence-electron chi connectivity index (χ1n) is 6.42. The van der Waals surface area contributed by atoms with Gasteiger partial charge in [0, 0.05) is 6.54 Å². The molecule has 1 amide bonds. The molecule has 0 bridgehead atoms. The lowest BCUT2D eigenvalue weighted by Crippen LogP contribution is -2.55. The number of amides is 1. The van der Waals surface area contributed by atoms with Crippen molar-refractivity contribution in [1.29, 1.82) is 0 Å². The minimum atomic E-state index is -1.83. The number of ether oxygens (including phenoxy) is 1. The van der Waals surface area contributed by atoms with Gasteiger partial charge in [0.05, 0.1) is 6.54 Å². The molecule has 0 aromatic rings. The van der Waals surface area contributed by atoms with Gasteiger partial charge in [0.15, 0.2) is 5.60 Å². The second-order valence-electron chi connectivity index (χ2n) is 5.15. The first-order chi connectivity index (χ1) is 8.51. The lowest BCUT2D eigenvalue weighted by molar-refractivity contribution is -0.163. The summed E-state index contributed by atoms with van der Waals surface area (Å²) in [5, 5.41) is 18.8. The van der Waals surface area contributed by atoms with Crippen LogP contribution in [0.3, 0.4) is 0 Å². The molecule has 1 heterocycles. The van der Waals surface area contributed by atoms with Crippen LogP contribution < -0.4 is 0 Å². The maximum atomic E-state index is 11.9. The first kappa shape index (κ1) is 13.1. The Labute approximate surface area is 106 Å². The van der Waals surface area contributed by atoms with Gasteiger partial charge in [-0.25, -0.2) is 9.59 Å². The largest absolute Gasteiger partial charge is 0.479 e. The van der Waals surface area contributed by atoms with E-state index in [1.807, 2.05) is 0 Å². The number of aliphatic carboxylic acids is 1. The van der Waals surface area contributed by atoms with E-state index in [1.54, 1.807) is 0 Å². The molecule has 2 N–H and O–H groups in total. The Bertz CT molecular complexity index is 339. The molecular weight excluding hydrogens is 238 g/mol. The maximum Gasteiger partial charge on any atom is 0.410 e. The zero-order valence-electron chi connectivity index (χ0n) is 10.3. The van der Waals surface area contributed by atoms with Gasteiger partial charge in [-0.05, 0) is 38.5 Å². The Morgan fingerprint density at radius 2 is 1.89 bits per heavy atom. The van der Waals surface area contributed by atoms with Gasteiger partial charge in [-0.15, -0.1) is 0 Å². The minimum Gasteiger partial charge on any atom is -0.479 e. The van der Waals surface area contributed by atoms with Crippen molar-refractivity contribution in [3.05, 3.63) is 0 Å². The fraction of sp³-hybridized carbons (Fsp3) is 0.833. The van der Waals surface area contributed by atoms with Crippen molar-refractivity contribution in [3.8, 4) is 0 Å². The molecular formula is C12H19NO5. The number of carboxylic acid groups (broad SMARTS) is 1. The normalized spacial score (nSPS) is 29.3. The second-order valence-corrected chi connectivity index (χ2v) is 5.15. The van der Waals surface area contributed by atoms with E-state index in [4.69, 9.17) is 9.84 Å². The Morgan fingerprint density at radius 1 is 1.22 bits per heavy atom. The molecule has 2 aliphatic rings. The molecule has 2 rings (SSSR count). The fourth-order valence-electron chi connectivity index (χ4n) is 2.59. The number of aliphatic hydroxyl groups is 1. The van der Waals surface area contributed by atoms with Crippen LogP contribution in [0.5, 0.6) is 0 Å². The lowest BCUT2D eigenvalue weighted by Gasteiger charge is -2.36. The van der Waals surface area contributed by atoms with Gasteiger partial charge < -0.3 is 19.8 Å². The Balaban J connectivity index is 1.91. The number of rotatable bonds is 2. The van der Waals surface area contributed by atoms with E-state index in [-0.39, 0.29) is 19.1 Å². The molecule has 0 aromatic carbocycles. The number of likely N-dealkylation sites (tertiary alicyclic amines) is 1. The molecule has 0 radical (unpaired) electrons. The lowest BCUT2D eigenvalue weighted by atomic mass is 9.93. The summed E-state index contributed by atoms with van der Waals surface area (Å²) in [5.41, 5.74) is -1.83. The summed E-state index contributed by atoms with van der Waals surface area (Å²) in [6.07, 6.45) is 4.00. The van der Waals surface area contributed by atoms with E-state index in [9.17, 15) is 14.7 Å². The van der Waals surface area contributed by atoms with E-state index in [1.165, 1.54) is 4.90 Å². The van der Waals surface area contributed by atoms with Gasteiger partial charge in [-0.1, -0.05) is 0 Å². The number of β-amino-alcohol motifs (C(OH)–C–C–N with tert-alkyl or cyclic N) is 1. The zero-order valence-corrected chi connectivity index (χ0v) is 10.3. The zero-order chi connectivity index (χ0) is 13.2. The smallest absolute Gasteiger partial charge is 0.410 e. The average molecular weight is 257 g/mol. The Morgan fingerprint density at radius 3 is 2.50 bits per heavy atom. The van der Waals surface area contributed by atoms with Gasteiger partial charge in [0.1, 0.15) is 6.10 Å². The van der Waals surface area contributed by atoms with Crippen molar-refractivity contribution in [2.24, 2.45) is 0 Å². The van der Waals surface area contributed by atoms with E-state index in [0.717, 1.165) is 25.7 Å². The molecule has 2 fully saturated rings. The number of nitrogens with zero attached hydrogens (tertiary/aromatic N) is 1. The van der Waals surface area contributed by atoms with Gasteiger partial charge in [-0.3, -0.25) is 0 Å².